The lowest BCUT2D eigenvalue weighted by Gasteiger charge is -2.36. The first kappa shape index (κ1) is 18.4. The normalized spacial score (nSPS) is 15.7. The molecular formula is C18H22F3N5. The van der Waals surface area contributed by atoms with Gasteiger partial charge in [-0.2, -0.15) is 18.2 Å². The van der Waals surface area contributed by atoms with Crippen LogP contribution in [0.1, 0.15) is 25.3 Å². The fourth-order valence-electron chi connectivity index (χ4n) is 3.20. The molecule has 140 valence electrons. The van der Waals surface area contributed by atoms with Crippen molar-refractivity contribution in [3.63, 3.8) is 0 Å². The van der Waals surface area contributed by atoms with E-state index in [0.717, 1.165) is 37.8 Å². The molecule has 0 radical (unpaired) electrons. The van der Waals surface area contributed by atoms with Gasteiger partial charge in [-0.1, -0.05) is 18.2 Å². The molecule has 26 heavy (non-hydrogen) atoms. The smallest absolute Gasteiger partial charge is 0.353 e. The molecule has 0 bridgehead atoms. The first-order valence-corrected chi connectivity index (χ1v) is 8.72. The molecule has 1 saturated heterocycles. The Morgan fingerprint density at radius 3 is 2.50 bits per heavy atom. The molecule has 5 nitrogen and oxygen atoms in total. The molecule has 3 rings (SSSR count). The van der Waals surface area contributed by atoms with Crippen LogP contribution in [0.2, 0.25) is 0 Å². The maximum Gasteiger partial charge on any atom is 0.421 e. The number of rotatable bonds is 5. The average Bonchev–Trinajstić information content (AvgIpc) is 2.63. The summed E-state index contributed by atoms with van der Waals surface area (Å²) < 4.78 is 40.6. The Bertz CT molecular complexity index is 715. The van der Waals surface area contributed by atoms with E-state index in [4.69, 9.17) is 0 Å². The van der Waals surface area contributed by atoms with E-state index in [2.05, 4.69) is 20.6 Å². The lowest BCUT2D eigenvalue weighted by molar-refractivity contribution is -0.137. The highest BCUT2D eigenvalue weighted by Gasteiger charge is 2.38. The molecule has 1 aromatic carbocycles. The van der Waals surface area contributed by atoms with Crippen LogP contribution in [0, 0.1) is 0 Å². The Morgan fingerprint density at radius 1 is 1.19 bits per heavy atom. The molecule has 2 heterocycles. The van der Waals surface area contributed by atoms with Gasteiger partial charge in [0.05, 0.1) is 0 Å². The number of nitrogens with zero attached hydrogens (tertiary/aromatic N) is 3. The molecule has 1 fully saturated rings. The van der Waals surface area contributed by atoms with Crippen molar-refractivity contribution in [2.45, 2.75) is 32.0 Å². The zero-order chi connectivity index (χ0) is 18.6. The number of aromatic nitrogens is 2. The van der Waals surface area contributed by atoms with Gasteiger partial charge in [-0.3, -0.25) is 0 Å². The molecule has 0 atom stereocenters. The molecule has 1 aromatic heterocycles. The van der Waals surface area contributed by atoms with Crippen molar-refractivity contribution in [2.24, 2.45) is 0 Å². The molecule has 0 spiro atoms. The van der Waals surface area contributed by atoms with E-state index in [1.165, 1.54) is 0 Å². The van der Waals surface area contributed by atoms with E-state index < -0.39 is 11.7 Å². The maximum absolute atomic E-state index is 13.5. The number of benzene rings is 1. The van der Waals surface area contributed by atoms with Crippen LogP contribution in [0.25, 0.3) is 0 Å². The van der Waals surface area contributed by atoms with E-state index in [1.807, 2.05) is 37.3 Å². The second kappa shape index (κ2) is 7.90. The van der Waals surface area contributed by atoms with Gasteiger partial charge in [-0.05, 0) is 45.0 Å². The number of nitrogens with one attached hydrogen (secondary N) is 2. The summed E-state index contributed by atoms with van der Waals surface area (Å²) in [5, 5.41) is 6.22. The highest BCUT2D eigenvalue weighted by molar-refractivity contribution is 5.57. The second-order valence-corrected chi connectivity index (χ2v) is 6.19. The molecular weight excluding hydrogens is 343 g/mol. The molecule has 1 aliphatic rings. The first-order chi connectivity index (χ1) is 12.5. The summed E-state index contributed by atoms with van der Waals surface area (Å²) in [6, 6.07) is 9.18. The molecule has 0 aliphatic carbocycles. The van der Waals surface area contributed by atoms with Crippen LogP contribution in [0.5, 0.6) is 0 Å². The van der Waals surface area contributed by atoms with Gasteiger partial charge >= 0.3 is 6.18 Å². The molecule has 0 unspecified atom stereocenters. The minimum absolute atomic E-state index is 0.0295. The van der Waals surface area contributed by atoms with Crippen LogP contribution in [-0.2, 0) is 6.18 Å². The van der Waals surface area contributed by atoms with Gasteiger partial charge in [-0.15, -0.1) is 0 Å². The van der Waals surface area contributed by atoms with Crippen molar-refractivity contribution in [3.8, 4) is 0 Å². The number of hydrogen-bond donors (Lipinski definition) is 2. The summed E-state index contributed by atoms with van der Waals surface area (Å²) in [4.78, 5) is 9.88. The van der Waals surface area contributed by atoms with Crippen molar-refractivity contribution < 1.29 is 13.2 Å². The summed E-state index contributed by atoms with van der Waals surface area (Å²) in [5.41, 5.74) is -0.0698. The van der Waals surface area contributed by atoms with Crippen molar-refractivity contribution in [1.29, 1.82) is 0 Å². The Balaban J connectivity index is 1.97. The van der Waals surface area contributed by atoms with Gasteiger partial charge in [0.15, 0.2) is 0 Å². The third-order valence-electron chi connectivity index (χ3n) is 4.47. The van der Waals surface area contributed by atoms with Crippen LogP contribution in [0.4, 0.5) is 30.6 Å². The van der Waals surface area contributed by atoms with Crippen molar-refractivity contribution in [2.75, 3.05) is 29.9 Å². The quantitative estimate of drug-likeness (QED) is 0.844. The monoisotopic (exact) mass is 365 g/mol. The Kier molecular flexibility index (Phi) is 5.61. The lowest BCUT2D eigenvalue weighted by Crippen LogP contribution is -2.44. The van der Waals surface area contributed by atoms with Gasteiger partial charge in [0.25, 0.3) is 0 Å². The van der Waals surface area contributed by atoms with Gasteiger partial charge in [0, 0.05) is 24.5 Å². The summed E-state index contributed by atoms with van der Waals surface area (Å²) in [5.74, 6) is 0.104. The minimum Gasteiger partial charge on any atom is -0.353 e. The molecule has 0 amide bonds. The Hall–Kier alpha value is -2.35. The highest BCUT2D eigenvalue weighted by Crippen LogP contribution is 2.37. The van der Waals surface area contributed by atoms with Crippen LogP contribution >= 0.6 is 0 Å². The van der Waals surface area contributed by atoms with Crippen LogP contribution in [0.3, 0.4) is 0 Å². The first-order valence-electron chi connectivity index (χ1n) is 8.72. The van der Waals surface area contributed by atoms with Crippen LogP contribution < -0.4 is 15.5 Å². The van der Waals surface area contributed by atoms with Crippen LogP contribution in [0.15, 0.2) is 36.5 Å². The molecule has 8 heteroatoms. The number of piperidine rings is 1. The van der Waals surface area contributed by atoms with Crippen molar-refractivity contribution in [3.05, 3.63) is 42.1 Å². The number of halogens is 3. The minimum atomic E-state index is -4.50. The summed E-state index contributed by atoms with van der Waals surface area (Å²) in [6.45, 7) is 3.90. The fraction of sp³-hybridized carbons (Fsp3) is 0.444. The predicted molar refractivity (Wildman–Crippen MR) is 95.7 cm³/mol. The number of anilines is 3. The van der Waals surface area contributed by atoms with E-state index in [9.17, 15) is 13.2 Å². The Labute approximate surface area is 150 Å². The SMILES string of the molecule is CCN(c1nc(Nc2ccccc2)ncc1C(F)(F)F)C1CCNCC1. The van der Waals surface area contributed by atoms with E-state index >= 15 is 0 Å². The molecule has 0 saturated carbocycles. The molecule has 2 aromatic rings. The van der Waals surface area contributed by atoms with Gasteiger partial charge in [0.1, 0.15) is 11.4 Å². The summed E-state index contributed by atoms with van der Waals surface area (Å²) in [7, 11) is 0. The zero-order valence-corrected chi connectivity index (χ0v) is 14.6. The van der Waals surface area contributed by atoms with E-state index in [-0.39, 0.29) is 17.8 Å². The largest absolute Gasteiger partial charge is 0.421 e. The number of alkyl halides is 3. The second-order valence-electron chi connectivity index (χ2n) is 6.19. The van der Waals surface area contributed by atoms with Crippen LogP contribution in [-0.4, -0.2) is 35.6 Å². The number of para-hydroxylation sites is 1. The third kappa shape index (κ3) is 4.24. The maximum atomic E-state index is 13.5. The summed E-state index contributed by atoms with van der Waals surface area (Å²) >= 11 is 0. The number of hydrogen-bond acceptors (Lipinski definition) is 5. The highest BCUT2D eigenvalue weighted by atomic mass is 19.4. The molecule has 1 aliphatic heterocycles. The van der Waals surface area contributed by atoms with E-state index in [1.54, 1.807) is 4.90 Å². The topological polar surface area (TPSA) is 53.1 Å². The lowest BCUT2D eigenvalue weighted by atomic mass is 10.0. The van der Waals surface area contributed by atoms with Gasteiger partial charge in [-0.25, -0.2) is 4.98 Å². The summed E-state index contributed by atoms with van der Waals surface area (Å²) in [6.07, 6.45) is -2.05. The standard InChI is InChI=1S/C18H22F3N5/c1-2-26(14-8-10-22-11-9-14)16-15(18(19,20)21)12-23-17(25-16)24-13-6-4-3-5-7-13/h3-7,12,14,22H,2,8-11H2,1H3,(H,23,24,25). The average molecular weight is 365 g/mol. The van der Waals surface area contributed by atoms with Crippen molar-refractivity contribution in [1.82, 2.24) is 15.3 Å². The predicted octanol–water partition coefficient (Wildman–Crippen LogP) is 3.82. The van der Waals surface area contributed by atoms with Gasteiger partial charge in [0.2, 0.25) is 5.95 Å². The van der Waals surface area contributed by atoms with Gasteiger partial charge < -0.3 is 15.5 Å². The molecule has 2 N–H and O–H groups in total. The Morgan fingerprint density at radius 2 is 1.88 bits per heavy atom. The third-order valence-corrected chi connectivity index (χ3v) is 4.47. The zero-order valence-electron chi connectivity index (χ0n) is 14.6. The van der Waals surface area contributed by atoms with Crippen molar-refractivity contribution >= 4 is 17.5 Å². The fourth-order valence-corrected chi connectivity index (χ4v) is 3.20. The van der Waals surface area contributed by atoms with E-state index in [0.29, 0.717) is 6.54 Å².